The monoisotopic (exact) mass is 184 g/mol. The molecule has 0 aromatic heterocycles. The van der Waals surface area contributed by atoms with Gasteiger partial charge in [0.15, 0.2) is 0 Å². The molecule has 0 spiro atoms. The van der Waals surface area contributed by atoms with Crippen molar-refractivity contribution in [3.63, 3.8) is 0 Å². The third-order valence-corrected chi connectivity index (χ3v) is 2.03. The van der Waals surface area contributed by atoms with Crippen LogP contribution in [0.4, 0.5) is 0 Å². The van der Waals surface area contributed by atoms with Gasteiger partial charge in [-0.25, -0.2) is 0 Å². The summed E-state index contributed by atoms with van der Waals surface area (Å²) in [4.78, 5) is 0. The van der Waals surface area contributed by atoms with Crippen molar-refractivity contribution in [3.8, 4) is 0 Å². The summed E-state index contributed by atoms with van der Waals surface area (Å²) >= 11 is 0. The molecule has 0 unspecified atom stereocenters. The Morgan fingerprint density at radius 1 is 1.14 bits per heavy atom. The van der Waals surface area contributed by atoms with Crippen LogP contribution in [-0.4, -0.2) is 0 Å². The molecule has 2 heteroatoms. The van der Waals surface area contributed by atoms with Gasteiger partial charge in [0.25, 0.3) is 0 Å². The van der Waals surface area contributed by atoms with E-state index in [4.69, 9.17) is 5.73 Å². The first-order chi connectivity index (χ1) is 6.86. The van der Waals surface area contributed by atoms with Crippen molar-refractivity contribution in [2.45, 2.75) is 0 Å². The lowest BCUT2D eigenvalue weighted by Crippen LogP contribution is -2.15. The molecule has 0 atom stereocenters. The van der Waals surface area contributed by atoms with Crippen LogP contribution < -0.4 is 11.1 Å². The van der Waals surface area contributed by atoms with E-state index in [0.29, 0.717) is 0 Å². The van der Waals surface area contributed by atoms with Gasteiger partial charge >= 0.3 is 0 Å². The lowest BCUT2D eigenvalue weighted by Gasteiger charge is -2.10. The topological polar surface area (TPSA) is 38.0 Å². The van der Waals surface area contributed by atoms with Gasteiger partial charge in [-0.05, 0) is 23.8 Å². The molecular weight excluding hydrogens is 172 g/mol. The van der Waals surface area contributed by atoms with Crippen LogP contribution in [0.15, 0.2) is 60.1 Å². The molecule has 70 valence electrons. The van der Waals surface area contributed by atoms with E-state index in [-0.39, 0.29) is 0 Å². The van der Waals surface area contributed by atoms with E-state index in [0.717, 1.165) is 17.0 Å². The fourth-order valence-electron chi connectivity index (χ4n) is 1.30. The van der Waals surface area contributed by atoms with Gasteiger partial charge in [-0.3, -0.25) is 0 Å². The van der Waals surface area contributed by atoms with Gasteiger partial charge in [-0.1, -0.05) is 30.3 Å². The van der Waals surface area contributed by atoms with Crippen molar-refractivity contribution in [2.24, 2.45) is 5.73 Å². The molecule has 2 nitrogen and oxygen atoms in total. The van der Waals surface area contributed by atoms with Crippen molar-refractivity contribution in [3.05, 3.63) is 65.6 Å². The molecule has 1 aromatic carbocycles. The predicted molar refractivity (Wildman–Crippen MR) is 59.0 cm³/mol. The summed E-state index contributed by atoms with van der Waals surface area (Å²) in [6.45, 7) is 0. The van der Waals surface area contributed by atoms with Crippen LogP contribution in [0.1, 0.15) is 5.56 Å². The van der Waals surface area contributed by atoms with E-state index in [2.05, 4.69) is 5.32 Å². The zero-order valence-corrected chi connectivity index (χ0v) is 7.77. The van der Waals surface area contributed by atoms with Gasteiger partial charge in [0.1, 0.15) is 0 Å². The molecule has 0 saturated carbocycles. The lowest BCUT2D eigenvalue weighted by atomic mass is 10.1. The summed E-state index contributed by atoms with van der Waals surface area (Å²) in [6.07, 6.45) is 7.66. The van der Waals surface area contributed by atoms with Crippen LogP contribution in [0, 0.1) is 0 Å². The summed E-state index contributed by atoms with van der Waals surface area (Å²) in [7, 11) is 0. The molecule has 1 aliphatic rings. The highest BCUT2D eigenvalue weighted by molar-refractivity contribution is 5.58. The molecule has 0 saturated heterocycles. The molecule has 3 N–H and O–H groups in total. The smallest absolute Gasteiger partial charge is 0.0619 e. The Hall–Kier alpha value is -1.96. The number of dihydropyridines is 1. The Bertz CT molecular complexity index is 400. The molecule has 0 bridgehead atoms. The minimum atomic E-state index is 0.761. The van der Waals surface area contributed by atoms with Gasteiger partial charge in [-0.15, -0.1) is 0 Å². The molecule has 14 heavy (non-hydrogen) atoms. The molecule has 1 heterocycles. The van der Waals surface area contributed by atoms with E-state index in [1.807, 2.05) is 54.8 Å². The summed E-state index contributed by atoms with van der Waals surface area (Å²) in [5, 5.41) is 3.10. The maximum atomic E-state index is 5.81. The SMILES string of the molecule is NC1=CC=CNC1=Cc1ccccc1. The zero-order chi connectivity index (χ0) is 9.80. The van der Waals surface area contributed by atoms with Crippen molar-refractivity contribution >= 4 is 6.08 Å². The van der Waals surface area contributed by atoms with Crippen molar-refractivity contribution in [1.82, 2.24) is 5.32 Å². The second-order valence-corrected chi connectivity index (χ2v) is 3.09. The van der Waals surface area contributed by atoms with E-state index in [9.17, 15) is 0 Å². The number of benzene rings is 1. The first kappa shape index (κ1) is 8.63. The van der Waals surface area contributed by atoms with Crippen LogP contribution in [0.3, 0.4) is 0 Å². The van der Waals surface area contributed by atoms with Crippen LogP contribution >= 0.6 is 0 Å². The van der Waals surface area contributed by atoms with Crippen molar-refractivity contribution in [1.29, 1.82) is 0 Å². The van der Waals surface area contributed by atoms with Crippen molar-refractivity contribution < 1.29 is 0 Å². The molecule has 2 rings (SSSR count). The Balaban J connectivity index is 2.28. The Kier molecular flexibility index (Phi) is 2.36. The van der Waals surface area contributed by atoms with Gasteiger partial charge in [0.05, 0.1) is 11.4 Å². The van der Waals surface area contributed by atoms with E-state index >= 15 is 0 Å². The first-order valence-electron chi connectivity index (χ1n) is 4.52. The largest absolute Gasteiger partial charge is 0.397 e. The summed E-state index contributed by atoms with van der Waals surface area (Å²) in [6, 6.07) is 10.1. The normalized spacial score (nSPS) is 17.7. The van der Waals surface area contributed by atoms with Gasteiger partial charge in [0, 0.05) is 6.20 Å². The van der Waals surface area contributed by atoms with Crippen LogP contribution in [0.25, 0.3) is 6.08 Å². The molecule has 0 radical (unpaired) electrons. The minimum absolute atomic E-state index is 0.761. The van der Waals surface area contributed by atoms with Gasteiger partial charge in [-0.2, -0.15) is 0 Å². The molecule has 0 amide bonds. The summed E-state index contributed by atoms with van der Waals surface area (Å²) < 4.78 is 0. The average molecular weight is 184 g/mol. The number of rotatable bonds is 1. The molecule has 0 fully saturated rings. The maximum absolute atomic E-state index is 5.81. The Morgan fingerprint density at radius 2 is 1.93 bits per heavy atom. The number of nitrogens with two attached hydrogens (primary N) is 1. The third kappa shape index (κ3) is 1.85. The number of allylic oxidation sites excluding steroid dienone is 2. The third-order valence-electron chi connectivity index (χ3n) is 2.03. The number of nitrogens with one attached hydrogen (secondary N) is 1. The highest BCUT2D eigenvalue weighted by Crippen LogP contribution is 2.11. The fraction of sp³-hybridized carbons (Fsp3) is 0. The molecule has 1 aromatic rings. The first-order valence-corrected chi connectivity index (χ1v) is 4.52. The number of hydrogen-bond donors (Lipinski definition) is 2. The molecular formula is C12H12N2. The van der Waals surface area contributed by atoms with Gasteiger partial charge in [0.2, 0.25) is 0 Å². The summed E-state index contributed by atoms with van der Waals surface area (Å²) in [5.41, 5.74) is 8.65. The van der Waals surface area contributed by atoms with E-state index in [1.54, 1.807) is 0 Å². The predicted octanol–water partition coefficient (Wildman–Crippen LogP) is 1.99. The highest BCUT2D eigenvalue weighted by Gasteiger charge is 2.00. The van der Waals surface area contributed by atoms with Gasteiger partial charge < -0.3 is 11.1 Å². The Morgan fingerprint density at radius 3 is 2.64 bits per heavy atom. The maximum Gasteiger partial charge on any atom is 0.0619 e. The van der Waals surface area contributed by atoms with Crippen LogP contribution in [0.2, 0.25) is 0 Å². The average Bonchev–Trinajstić information content (AvgIpc) is 2.23. The highest BCUT2D eigenvalue weighted by atomic mass is 14.9. The Labute approximate surface area is 83.4 Å². The fourth-order valence-corrected chi connectivity index (χ4v) is 1.30. The standard InChI is InChI=1S/C12H12N2/c13-11-7-4-8-14-12(11)9-10-5-2-1-3-6-10/h1-9,14H,13H2. The molecule has 1 aliphatic heterocycles. The van der Waals surface area contributed by atoms with Crippen molar-refractivity contribution in [2.75, 3.05) is 0 Å². The second kappa shape index (κ2) is 3.83. The quantitative estimate of drug-likeness (QED) is 0.700. The van der Waals surface area contributed by atoms with E-state index in [1.165, 1.54) is 0 Å². The van der Waals surface area contributed by atoms with E-state index < -0.39 is 0 Å². The molecule has 0 aliphatic carbocycles. The minimum Gasteiger partial charge on any atom is -0.397 e. The second-order valence-electron chi connectivity index (χ2n) is 3.09. The van der Waals surface area contributed by atoms with Crippen LogP contribution in [-0.2, 0) is 0 Å². The lowest BCUT2D eigenvalue weighted by molar-refractivity contribution is 1.05. The zero-order valence-electron chi connectivity index (χ0n) is 7.77. The number of hydrogen-bond acceptors (Lipinski definition) is 2. The van der Waals surface area contributed by atoms with Crippen LogP contribution in [0.5, 0.6) is 0 Å². The summed E-state index contributed by atoms with van der Waals surface area (Å²) in [5.74, 6) is 0.